The van der Waals surface area contributed by atoms with Crippen LogP contribution in [-0.4, -0.2) is 50.0 Å². The average molecular weight is 505 g/mol. The van der Waals surface area contributed by atoms with Crippen LogP contribution in [0.25, 0.3) is 10.2 Å². The quantitative estimate of drug-likeness (QED) is 0.308. The van der Waals surface area contributed by atoms with Gasteiger partial charge in [0.05, 0.1) is 10.2 Å². The highest BCUT2D eigenvalue weighted by Crippen LogP contribution is 2.30. The molecule has 0 atom stereocenters. The van der Waals surface area contributed by atoms with E-state index >= 15 is 0 Å². The number of thiazole rings is 1. The van der Waals surface area contributed by atoms with Crippen molar-refractivity contribution in [3.05, 3.63) is 42.5 Å². The van der Waals surface area contributed by atoms with Crippen LogP contribution in [0, 0.1) is 5.92 Å². The Labute approximate surface area is 207 Å². The molecule has 0 spiro atoms. The number of aromatic nitrogens is 1. The Morgan fingerprint density at radius 3 is 2.26 bits per heavy atom. The van der Waals surface area contributed by atoms with Crippen LogP contribution in [0.1, 0.15) is 41.5 Å². The Balaban J connectivity index is 1.62. The SMILES string of the molecule is CC(C)CNc1nc2ccc(OS(=O)(=O)c3ccc(NCCN(C(C)C)C(C)C)cc3)cc2s1. The lowest BCUT2D eigenvalue weighted by molar-refractivity contribution is 0.182. The van der Waals surface area contributed by atoms with Crippen LogP contribution in [0.4, 0.5) is 10.8 Å². The highest BCUT2D eigenvalue weighted by atomic mass is 32.2. The molecular formula is C25H36N4O3S2. The maximum absolute atomic E-state index is 12.8. The molecule has 186 valence electrons. The number of benzene rings is 2. The summed E-state index contributed by atoms with van der Waals surface area (Å²) < 4.78 is 31.9. The average Bonchev–Trinajstić information content (AvgIpc) is 3.17. The lowest BCUT2D eigenvalue weighted by atomic mass is 10.2. The van der Waals surface area contributed by atoms with Gasteiger partial charge in [-0.25, -0.2) is 4.98 Å². The van der Waals surface area contributed by atoms with E-state index in [2.05, 4.69) is 62.1 Å². The molecule has 0 amide bonds. The van der Waals surface area contributed by atoms with Gasteiger partial charge in [-0.05, 0) is 70.0 Å². The van der Waals surface area contributed by atoms with E-state index in [1.165, 1.54) is 11.3 Å². The normalized spacial score (nSPS) is 12.3. The number of fused-ring (bicyclic) bond motifs is 1. The molecule has 2 aromatic carbocycles. The van der Waals surface area contributed by atoms with Gasteiger partial charge < -0.3 is 14.8 Å². The maximum atomic E-state index is 12.8. The minimum atomic E-state index is -3.94. The van der Waals surface area contributed by atoms with Crippen LogP contribution in [0.15, 0.2) is 47.4 Å². The molecule has 9 heteroatoms. The Hall–Kier alpha value is -2.36. The van der Waals surface area contributed by atoms with Gasteiger partial charge in [0, 0.05) is 43.5 Å². The van der Waals surface area contributed by atoms with Gasteiger partial charge in [0.25, 0.3) is 0 Å². The highest BCUT2D eigenvalue weighted by molar-refractivity contribution is 7.87. The van der Waals surface area contributed by atoms with Gasteiger partial charge in [-0.1, -0.05) is 25.2 Å². The number of hydrogen-bond donors (Lipinski definition) is 2. The fraction of sp³-hybridized carbons (Fsp3) is 0.480. The molecule has 0 aliphatic carbocycles. The van der Waals surface area contributed by atoms with Gasteiger partial charge in [-0.3, -0.25) is 4.90 Å². The van der Waals surface area contributed by atoms with Gasteiger partial charge in [0.2, 0.25) is 0 Å². The number of rotatable bonds is 12. The zero-order valence-corrected chi connectivity index (χ0v) is 22.5. The molecule has 0 radical (unpaired) electrons. The minimum absolute atomic E-state index is 0.118. The van der Waals surface area contributed by atoms with Crippen molar-refractivity contribution < 1.29 is 12.6 Å². The Kier molecular flexibility index (Phi) is 8.78. The third-order valence-electron chi connectivity index (χ3n) is 5.40. The van der Waals surface area contributed by atoms with Crippen LogP contribution in [-0.2, 0) is 10.1 Å². The first-order valence-electron chi connectivity index (χ1n) is 11.7. The largest absolute Gasteiger partial charge is 0.384 e. The predicted molar refractivity (Wildman–Crippen MR) is 143 cm³/mol. The first kappa shape index (κ1) is 26.2. The first-order chi connectivity index (χ1) is 16.0. The number of nitrogens with zero attached hydrogens (tertiary/aromatic N) is 2. The maximum Gasteiger partial charge on any atom is 0.339 e. The molecule has 1 heterocycles. The summed E-state index contributed by atoms with van der Waals surface area (Å²) in [6.45, 7) is 15.5. The molecular weight excluding hydrogens is 468 g/mol. The summed E-state index contributed by atoms with van der Waals surface area (Å²) in [7, 11) is -3.94. The summed E-state index contributed by atoms with van der Waals surface area (Å²) in [5.74, 6) is 0.781. The second-order valence-corrected chi connectivity index (χ2v) is 11.9. The molecule has 0 bridgehead atoms. The van der Waals surface area contributed by atoms with E-state index in [0.717, 1.165) is 40.7 Å². The van der Waals surface area contributed by atoms with Gasteiger partial charge in [-0.15, -0.1) is 0 Å². The van der Waals surface area contributed by atoms with Crippen LogP contribution in [0.2, 0.25) is 0 Å². The molecule has 0 unspecified atom stereocenters. The van der Waals surface area contributed by atoms with Crippen molar-refractivity contribution in [1.82, 2.24) is 9.88 Å². The molecule has 0 fully saturated rings. The molecule has 34 heavy (non-hydrogen) atoms. The van der Waals surface area contributed by atoms with Crippen molar-refractivity contribution in [1.29, 1.82) is 0 Å². The van der Waals surface area contributed by atoms with Crippen molar-refractivity contribution >= 4 is 42.5 Å². The smallest absolute Gasteiger partial charge is 0.339 e. The minimum Gasteiger partial charge on any atom is -0.384 e. The topological polar surface area (TPSA) is 83.6 Å². The molecule has 1 aromatic heterocycles. The lowest BCUT2D eigenvalue weighted by Crippen LogP contribution is -2.40. The molecule has 0 saturated carbocycles. The fourth-order valence-electron chi connectivity index (χ4n) is 3.68. The predicted octanol–water partition coefficient (Wildman–Crippen LogP) is 5.66. The van der Waals surface area contributed by atoms with E-state index in [1.807, 2.05) is 0 Å². The van der Waals surface area contributed by atoms with Crippen LogP contribution in [0.5, 0.6) is 5.75 Å². The van der Waals surface area contributed by atoms with E-state index in [1.54, 1.807) is 42.5 Å². The second kappa shape index (κ2) is 11.4. The number of hydrogen-bond acceptors (Lipinski definition) is 8. The number of nitrogens with one attached hydrogen (secondary N) is 2. The van der Waals surface area contributed by atoms with Gasteiger partial charge in [0.15, 0.2) is 5.13 Å². The third kappa shape index (κ3) is 7.07. The molecule has 0 aliphatic rings. The van der Waals surface area contributed by atoms with E-state index in [9.17, 15) is 8.42 Å². The molecule has 2 N–H and O–H groups in total. The molecule has 0 aliphatic heterocycles. The Morgan fingerprint density at radius 1 is 0.971 bits per heavy atom. The molecule has 0 saturated heterocycles. The van der Waals surface area contributed by atoms with Crippen molar-refractivity contribution in [2.45, 2.75) is 58.5 Å². The van der Waals surface area contributed by atoms with E-state index in [0.29, 0.717) is 18.0 Å². The van der Waals surface area contributed by atoms with Crippen molar-refractivity contribution in [3.63, 3.8) is 0 Å². The van der Waals surface area contributed by atoms with Crippen LogP contribution < -0.4 is 14.8 Å². The lowest BCUT2D eigenvalue weighted by Gasteiger charge is -2.30. The van der Waals surface area contributed by atoms with Crippen LogP contribution >= 0.6 is 11.3 Å². The zero-order chi connectivity index (χ0) is 24.9. The van der Waals surface area contributed by atoms with Crippen molar-refractivity contribution in [3.8, 4) is 5.75 Å². The molecule has 7 nitrogen and oxygen atoms in total. The Morgan fingerprint density at radius 2 is 1.65 bits per heavy atom. The van der Waals surface area contributed by atoms with E-state index in [4.69, 9.17) is 4.18 Å². The number of anilines is 2. The van der Waals surface area contributed by atoms with Gasteiger partial charge in [-0.2, -0.15) is 8.42 Å². The van der Waals surface area contributed by atoms with Gasteiger partial charge >= 0.3 is 10.1 Å². The summed E-state index contributed by atoms with van der Waals surface area (Å²) in [6, 6.07) is 12.8. The van der Waals surface area contributed by atoms with Gasteiger partial charge in [0.1, 0.15) is 10.6 Å². The van der Waals surface area contributed by atoms with Crippen molar-refractivity contribution in [2.24, 2.45) is 5.92 Å². The van der Waals surface area contributed by atoms with E-state index < -0.39 is 10.1 Å². The summed E-state index contributed by atoms with van der Waals surface area (Å²) in [6.07, 6.45) is 0. The summed E-state index contributed by atoms with van der Waals surface area (Å²) >= 11 is 1.48. The van der Waals surface area contributed by atoms with Crippen LogP contribution in [0.3, 0.4) is 0 Å². The molecule has 3 rings (SSSR count). The Bertz CT molecular complexity index is 1160. The fourth-order valence-corrected chi connectivity index (χ4v) is 5.50. The molecule has 3 aromatic rings. The first-order valence-corrected chi connectivity index (χ1v) is 14.0. The van der Waals surface area contributed by atoms with E-state index in [-0.39, 0.29) is 10.6 Å². The second-order valence-electron chi connectivity index (χ2n) is 9.34. The summed E-state index contributed by atoms with van der Waals surface area (Å²) in [5.41, 5.74) is 1.68. The van der Waals surface area contributed by atoms with Crippen molar-refractivity contribution in [2.75, 3.05) is 30.3 Å². The summed E-state index contributed by atoms with van der Waals surface area (Å²) in [4.78, 5) is 7.06. The highest BCUT2D eigenvalue weighted by Gasteiger charge is 2.18. The third-order valence-corrected chi connectivity index (χ3v) is 7.63. The monoisotopic (exact) mass is 504 g/mol. The zero-order valence-electron chi connectivity index (χ0n) is 20.8. The standard InChI is InChI=1S/C25H36N4O3S2/c1-17(2)16-27-25-28-23-12-9-21(15-24(23)33-25)32-34(30,31)22-10-7-20(8-11-22)26-13-14-29(18(3)4)19(5)6/h7-12,15,17-19,26H,13-14,16H2,1-6H3,(H,27,28). The summed E-state index contributed by atoms with van der Waals surface area (Å²) in [5, 5.41) is 7.48.